The van der Waals surface area contributed by atoms with Crippen LogP contribution >= 0.6 is 0 Å². The third-order valence-electron chi connectivity index (χ3n) is 2.92. The summed E-state index contributed by atoms with van der Waals surface area (Å²) in [6.07, 6.45) is 1.29. The van der Waals surface area contributed by atoms with Crippen LogP contribution in [0.3, 0.4) is 0 Å². The fraction of sp³-hybridized carbons (Fsp3) is 0.125. The lowest BCUT2D eigenvalue weighted by molar-refractivity contribution is -0.147. The lowest BCUT2D eigenvalue weighted by Gasteiger charge is -2.08. The lowest BCUT2D eigenvalue weighted by atomic mass is 10.2. The van der Waals surface area contributed by atoms with Gasteiger partial charge >= 0.3 is 11.9 Å². The maximum Gasteiger partial charge on any atom is 0.325 e. The highest BCUT2D eigenvalue weighted by atomic mass is 19.1. The van der Waals surface area contributed by atoms with Crippen LogP contribution in [0.5, 0.6) is 0 Å². The molecule has 2 rings (SSSR count). The molecule has 0 atom stereocenters. The fourth-order valence-corrected chi connectivity index (χ4v) is 1.68. The SMILES string of the molecule is O=C(COC(=O)CNC(=O)c1ccc(F)cc1)NNC(=O)c1ccco1. The van der Waals surface area contributed by atoms with Gasteiger partial charge in [0, 0.05) is 5.56 Å². The first-order chi connectivity index (χ1) is 12.5. The molecule has 26 heavy (non-hydrogen) atoms. The molecule has 0 saturated carbocycles. The van der Waals surface area contributed by atoms with E-state index in [0.717, 1.165) is 12.1 Å². The molecule has 10 heteroatoms. The Labute approximate surface area is 146 Å². The van der Waals surface area contributed by atoms with Crippen molar-refractivity contribution in [3.8, 4) is 0 Å². The summed E-state index contributed by atoms with van der Waals surface area (Å²) in [4.78, 5) is 46.1. The van der Waals surface area contributed by atoms with E-state index >= 15 is 0 Å². The van der Waals surface area contributed by atoms with E-state index in [1.807, 2.05) is 5.43 Å². The number of hydrogen-bond donors (Lipinski definition) is 3. The van der Waals surface area contributed by atoms with Gasteiger partial charge in [-0.1, -0.05) is 0 Å². The second-order valence-electron chi connectivity index (χ2n) is 4.83. The van der Waals surface area contributed by atoms with Crippen LogP contribution in [0.4, 0.5) is 4.39 Å². The maximum atomic E-state index is 12.8. The number of carbonyl (C=O) groups excluding carboxylic acids is 4. The average molecular weight is 363 g/mol. The number of halogens is 1. The molecule has 0 aliphatic rings. The summed E-state index contributed by atoms with van der Waals surface area (Å²) < 4.78 is 22.2. The smallest absolute Gasteiger partial charge is 0.325 e. The van der Waals surface area contributed by atoms with Crippen molar-refractivity contribution in [2.45, 2.75) is 0 Å². The Kier molecular flexibility index (Phi) is 6.43. The summed E-state index contributed by atoms with van der Waals surface area (Å²) in [5, 5.41) is 2.26. The zero-order chi connectivity index (χ0) is 18.9. The van der Waals surface area contributed by atoms with Crippen LogP contribution in [0.1, 0.15) is 20.9 Å². The Morgan fingerprint density at radius 3 is 2.38 bits per heavy atom. The third-order valence-corrected chi connectivity index (χ3v) is 2.92. The van der Waals surface area contributed by atoms with Gasteiger partial charge in [0.05, 0.1) is 6.26 Å². The van der Waals surface area contributed by atoms with E-state index in [1.54, 1.807) is 0 Å². The molecule has 0 bridgehead atoms. The van der Waals surface area contributed by atoms with Crippen molar-refractivity contribution in [2.75, 3.05) is 13.2 Å². The minimum Gasteiger partial charge on any atom is -0.459 e. The van der Waals surface area contributed by atoms with Gasteiger partial charge in [0.1, 0.15) is 12.4 Å². The molecule has 136 valence electrons. The van der Waals surface area contributed by atoms with Gasteiger partial charge < -0.3 is 14.5 Å². The number of carbonyl (C=O) groups is 4. The number of esters is 1. The van der Waals surface area contributed by atoms with Crippen LogP contribution < -0.4 is 16.2 Å². The van der Waals surface area contributed by atoms with Crippen LogP contribution in [0, 0.1) is 5.82 Å². The monoisotopic (exact) mass is 363 g/mol. The zero-order valence-corrected chi connectivity index (χ0v) is 13.3. The van der Waals surface area contributed by atoms with Gasteiger partial charge in [-0.3, -0.25) is 30.0 Å². The lowest BCUT2D eigenvalue weighted by Crippen LogP contribution is -2.44. The van der Waals surface area contributed by atoms with E-state index in [2.05, 4.69) is 15.5 Å². The number of furan rings is 1. The number of benzene rings is 1. The van der Waals surface area contributed by atoms with E-state index < -0.39 is 42.7 Å². The topological polar surface area (TPSA) is 127 Å². The molecule has 9 nitrogen and oxygen atoms in total. The summed E-state index contributed by atoms with van der Waals surface area (Å²) in [6, 6.07) is 7.61. The summed E-state index contributed by atoms with van der Waals surface area (Å²) in [7, 11) is 0. The Morgan fingerprint density at radius 1 is 1.00 bits per heavy atom. The zero-order valence-electron chi connectivity index (χ0n) is 13.3. The van der Waals surface area contributed by atoms with Gasteiger partial charge in [-0.05, 0) is 36.4 Å². The van der Waals surface area contributed by atoms with Gasteiger partial charge in [-0.25, -0.2) is 4.39 Å². The van der Waals surface area contributed by atoms with Gasteiger partial charge in [0.2, 0.25) is 0 Å². The molecule has 3 N–H and O–H groups in total. The number of hydrazine groups is 1. The van der Waals surface area contributed by atoms with Crippen molar-refractivity contribution < 1.29 is 32.7 Å². The van der Waals surface area contributed by atoms with Crippen molar-refractivity contribution in [3.05, 3.63) is 59.8 Å². The van der Waals surface area contributed by atoms with Crippen molar-refractivity contribution in [3.63, 3.8) is 0 Å². The molecule has 2 aromatic rings. The molecule has 1 aromatic carbocycles. The van der Waals surface area contributed by atoms with Gasteiger partial charge in [-0.15, -0.1) is 0 Å². The van der Waals surface area contributed by atoms with Crippen LogP contribution in [0.2, 0.25) is 0 Å². The fourth-order valence-electron chi connectivity index (χ4n) is 1.68. The van der Waals surface area contributed by atoms with Crippen LogP contribution in [-0.2, 0) is 14.3 Å². The van der Waals surface area contributed by atoms with Crippen LogP contribution in [0.25, 0.3) is 0 Å². The first-order valence-corrected chi connectivity index (χ1v) is 7.28. The molecule has 0 aliphatic carbocycles. The van der Waals surface area contributed by atoms with Gasteiger partial charge in [0.15, 0.2) is 12.4 Å². The molecule has 1 aromatic heterocycles. The highest BCUT2D eigenvalue weighted by Crippen LogP contribution is 2.02. The van der Waals surface area contributed by atoms with Crippen molar-refractivity contribution in [1.29, 1.82) is 0 Å². The predicted molar refractivity (Wildman–Crippen MR) is 84.0 cm³/mol. The van der Waals surface area contributed by atoms with Crippen LogP contribution in [-0.4, -0.2) is 36.8 Å². The van der Waals surface area contributed by atoms with Crippen molar-refractivity contribution >= 4 is 23.7 Å². The van der Waals surface area contributed by atoms with E-state index in [-0.39, 0.29) is 11.3 Å². The number of nitrogens with one attached hydrogen (secondary N) is 3. The van der Waals surface area contributed by atoms with Crippen molar-refractivity contribution in [1.82, 2.24) is 16.2 Å². The standard InChI is InChI=1S/C16H14FN3O6/c17-11-5-3-10(4-6-11)15(23)18-8-14(22)26-9-13(21)19-20-16(24)12-2-1-7-25-12/h1-7H,8-9H2,(H,18,23)(H,19,21)(H,20,24). The molecule has 0 spiro atoms. The molecule has 0 saturated heterocycles. The molecular formula is C16H14FN3O6. The predicted octanol–water partition coefficient (Wildman–Crippen LogP) is 0.153. The Bertz CT molecular complexity index is 789. The first-order valence-electron chi connectivity index (χ1n) is 7.28. The molecule has 0 unspecified atom stereocenters. The highest BCUT2D eigenvalue weighted by molar-refractivity contribution is 5.96. The summed E-state index contributed by atoms with van der Waals surface area (Å²) in [5.41, 5.74) is 4.25. The van der Waals surface area contributed by atoms with E-state index in [4.69, 9.17) is 4.42 Å². The molecule has 0 fully saturated rings. The Morgan fingerprint density at radius 2 is 1.73 bits per heavy atom. The van der Waals surface area contributed by atoms with Crippen LogP contribution in [0.15, 0.2) is 47.1 Å². The highest BCUT2D eigenvalue weighted by Gasteiger charge is 2.12. The number of ether oxygens (including phenoxy) is 1. The minimum atomic E-state index is -0.868. The Hall–Kier alpha value is -3.69. The second kappa shape index (κ2) is 8.97. The molecule has 0 radical (unpaired) electrons. The summed E-state index contributed by atoms with van der Waals surface area (Å²) >= 11 is 0. The van der Waals surface area contributed by atoms with E-state index in [0.29, 0.717) is 0 Å². The summed E-state index contributed by atoms with van der Waals surface area (Å²) in [6.45, 7) is -1.15. The summed E-state index contributed by atoms with van der Waals surface area (Å²) in [5.74, 6) is -3.44. The second-order valence-corrected chi connectivity index (χ2v) is 4.83. The normalized spacial score (nSPS) is 9.88. The minimum absolute atomic E-state index is 0.00852. The Balaban J connectivity index is 1.64. The number of rotatable bonds is 6. The molecular weight excluding hydrogens is 349 g/mol. The van der Waals surface area contributed by atoms with Gasteiger partial charge in [-0.2, -0.15) is 0 Å². The van der Waals surface area contributed by atoms with E-state index in [9.17, 15) is 23.6 Å². The molecule has 3 amide bonds. The molecule has 0 aliphatic heterocycles. The quantitative estimate of drug-likeness (QED) is 0.495. The number of hydrogen-bond acceptors (Lipinski definition) is 6. The molecule has 1 heterocycles. The largest absolute Gasteiger partial charge is 0.459 e. The number of amides is 3. The van der Waals surface area contributed by atoms with E-state index in [1.165, 1.54) is 30.5 Å². The first kappa shape index (κ1) is 18.6. The third kappa shape index (κ3) is 5.74. The maximum absolute atomic E-state index is 12.8. The van der Waals surface area contributed by atoms with Crippen molar-refractivity contribution in [2.24, 2.45) is 0 Å². The average Bonchev–Trinajstić information content (AvgIpc) is 3.17. The van der Waals surface area contributed by atoms with Gasteiger partial charge in [0.25, 0.3) is 11.8 Å².